The van der Waals surface area contributed by atoms with Crippen molar-refractivity contribution in [1.29, 1.82) is 0 Å². The highest BCUT2D eigenvalue weighted by Crippen LogP contribution is 2.22. The van der Waals surface area contributed by atoms with Crippen LogP contribution in [-0.2, 0) is 19.7 Å². The molecule has 0 fully saturated rings. The molecule has 0 spiro atoms. The van der Waals surface area contributed by atoms with Crippen LogP contribution in [-0.4, -0.2) is 4.98 Å². The summed E-state index contributed by atoms with van der Waals surface area (Å²) in [5, 5.41) is 4.65. The summed E-state index contributed by atoms with van der Waals surface area (Å²) >= 11 is 12.1. The Morgan fingerprint density at radius 3 is 2.20 bits per heavy atom. The standard InChI is InChI=1S/C20H18Cl2N2O/c21-18-4-3-17(20(22)11-18)14-25-19-5-1-15(2-6-19)12-24-13-16-7-9-23-10-8-16/h1-11,24H,12-14H2. The number of aromatic nitrogens is 1. The van der Waals surface area contributed by atoms with Gasteiger partial charge in [0.1, 0.15) is 12.4 Å². The predicted octanol–water partition coefficient (Wildman–Crippen LogP) is 5.26. The number of pyridine rings is 1. The van der Waals surface area contributed by atoms with E-state index in [-0.39, 0.29) is 0 Å². The van der Waals surface area contributed by atoms with Gasteiger partial charge in [0, 0.05) is 41.1 Å². The SMILES string of the molecule is Clc1ccc(COc2ccc(CNCc3ccncc3)cc2)c(Cl)c1. The van der Waals surface area contributed by atoms with Gasteiger partial charge >= 0.3 is 0 Å². The molecule has 0 aliphatic carbocycles. The van der Waals surface area contributed by atoms with E-state index in [0.717, 1.165) is 24.4 Å². The van der Waals surface area contributed by atoms with Crippen LogP contribution in [0.2, 0.25) is 10.0 Å². The summed E-state index contributed by atoms with van der Waals surface area (Å²) < 4.78 is 5.79. The molecule has 0 aliphatic rings. The zero-order chi connectivity index (χ0) is 17.5. The Hall–Kier alpha value is -2.07. The summed E-state index contributed by atoms with van der Waals surface area (Å²) in [5.74, 6) is 0.809. The highest BCUT2D eigenvalue weighted by Gasteiger charge is 2.03. The number of halogens is 2. The maximum Gasteiger partial charge on any atom is 0.119 e. The fraction of sp³-hybridized carbons (Fsp3) is 0.150. The van der Waals surface area contributed by atoms with Crippen LogP contribution in [0.5, 0.6) is 5.75 Å². The Bertz CT molecular complexity index is 808. The van der Waals surface area contributed by atoms with Crippen molar-refractivity contribution >= 4 is 23.2 Å². The molecule has 3 rings (SSSR count). The van der Waals surface area contributed by atoms with Crippen LogP contribution in [0.25, 0.3) is 0 Å². The van der Waals surface area contributed by atoms with Crippen LogP contribution in [0.3, 0.4) is 0 Å². The fourth-order valence-electron chi connectivity index (χ4n) is 2.36. The van der Waals surface area contributed by atoms with E-state index in [1.165, 1.54) is 11.1 Å². The Morgan fingerprint density at radius 2 is 1.52 bits per heavy atom. The van der Waals surface area contributed by atoms with Gasteiger partial charge in [-0.3, -0.25) is 4.98 Å². The Kier molecular flexibility index (Phi) is 6.29. The number of rotatable bonds is 7. The highest BCUT2D eigenvalue weighted by atomic mass is 35.5. The van der Waals surface area contributed by atoms with Crippen LogP contribution in [0.4, 0.5) is 0 Å². The van der Waals surface area contributed by atoms with Gasteiger partial charge in [0.25, 0.3) is 0 Å². The summed E-state index contributed by atoms with van der Waals surface area (Å²) in [7, 11) is 0. The molecule has 0 radical (unpaired) electrons. The molecule has 1 aromatic heterocycles. The van der Waals surface area contributed by atoms with Crippen LogP contribution in [0, 0.1) is 0 Å². The second-order valence-corrected chi connectivity index (χ2v) is 6.47. The van der Waals surface area contributed by atoms with Gasteiger partial charge in [-0.1, -0.05) is 41.4 Å². The Labute approximate surface area is 157 Å². The first-order valence-corrected chi connectivity index (χ1v) is 8.71. The summed E-state index contributed by atoms with van der Waals surface area (Å²) in [6.45, 7) is 2.02. The lowest BCUT2D eigenvalue weighted by atomic mass is 10.2. The molecule has 5 heteroatoms. The summed E-state index contributed by atoms with van der Waals surface area (Å²) in [6.07, 6.45) is 3.60. The van der Waals surface area contributed by atoms with Crippen molar-refractivity contribution in [2.45, 2.75) is 19.7 Å². The van der Waals surface area contributed by atoms with Gasteiger partial charge in [-0.15, -0.1) is 0 Å². The van der Waals surface area contributed by atoms with Crippen LogP contribution in [0.1, 0.15) is 16.7 Å². The minimum Gasteiger partial charge on any atom is -0.489 e. The lowest BCUT2D eigenvalue weighted by Crippen LogP contribution is -2.12. The minimum absolute atomic E-state index is 0.412. The van der Waals surface area contributed by atoms with E-state index in [1.807, 2.05) is 36.4 Å². The van der Waals surface area contributed by atoms with Gasteiger partial charge in [-0.2, -0.15) is 0 Å². The van der Waals surface area contributed by atoms with Gasteiger partial charge in [-0.05, 0) is 47.5 Å². The first kappa shape index (κ1) is 17.7. The lowest BCUT2D eigenvalue weighted by Gasteiger charge is -2.09. The Morgan fingerprint density at radius 1 is 0.840 bits per heavy atom. The largest absolute Gasteiger partial charge is 0.489 e. The van der Waals surface area contributed by atoms with E-state index in [0.29, 0.717) is 16.7 Å². The third-order valence-electron chi connectivity index (χ3n) is 3.74. The predicted molar refractivity (Wildman–Crippen MR) is 102 cm³/mol. The molecular formula is C20H18Cl2N2O. The molecule has 0 bridgehead atoms. The molecule has 3 aromatic rings. The number of benzene rings is 2. The molecule has 2 aromatic carbocycles. The normalized spacial score (nSPS) is 10.6. The second kappa shape index (κ2) is 8.86. The molecule has 0 saturated carbocycles. The smallest absolute Gasteiger partial charge is 0.119 e. The molecular weight excluding hydrogens is 355 g/mol. The number of hydrogen-bond donors (Lipinski definition) is 1. The number of ether oxygens (including phenoxy) is 1. The third kappa shape index (κ3) is 5.46. The zero-order valence-corrected chi connectivity index (χ0v) is 15.1. The third-order valence-corrected chi connectivity index (χ3v) is 4.33. The highest BCUT2D eigenvalue weighted by molar-refractivity contribution is 6.35. The molecule has 3 nitrogen and oxygen atoms in total. The molecule has 1 heterocycles. The quantitative estimate of drug-likeness (QED) is 0.614. The maximum atomic E-state index is 6.15. The van der Waals surface area contributed by atoms with Gasteiger partial charge in [-0.25, -0.2) is 0 Å². The number of nitrogens with one attached hydrogen (secondary N) is 1. The molecule has 128 valence electrons. The van der Waals surface area contributed by atoms with Crippen molar-refractivity contribution in [3.8, 4) is 5.75 Å². The van der Waals surface area contributed by atoms with Crippen LogP contribution >= 0.6 is 23.2 Å². The summed E-state index contributed by atoms with van der Waals surface area (Å²) in [4.78, 5) is 4.01. The molecule has 1 N–H and O–H groups in total. The van der Waals surface area contributed by atoms with Gasteiger partial charge in [0.05, 0.1) is 0 Å². The molecule has 0 unspecified atom stereocenters. The van der Waals surface area contributed by atoms with E-state index in [1.54, 1.807) is 18.5 Å². The molecule has 0 aliphatic heterocycles. The summed E-state index contributed by atoms with van der Waals surface area (Å²) in [5.41, 5.74) is 3.33. The molecule has 0 amide bonds. The molecule has 0 atom stereocenters. The van der Waals surface area contributed by atoms with E-state index in [2.05, 4.69) is 22.4 Å². The van der Waals surface area contributed by atoms with Crippen molar-refractivity contribution < 1.29 is 4.74 Å². The van der Waals surface area contributed by atoms with Crippen molar-refractivity contribution in [2.75, 3.05) is 0 Å². The van der Waals surface area contributed by atoms with Crippen molar-refractivity contribution in [2.24, 2.45) is 0 Å². The lowest BCUT2D eigenvalue weighted by molar-refractivity contribution is 0.306. The number of nitrogens with zero attached hydrogens (tertiary/aromatic N) is 1. The van der Waals surface area contributed by atoms with E-state index in [4.69, 9.17) is 27.9 Å². The van der Waals surface area contributed by atoms with E-state index >= 15 is 0 Å². The van der Waals surface area contributed by atoms with Crippen molar-refractivity contribution in [3.63, 3.8) is 0 Å². The Balaban J connectivity index is 1.48. The minimum atomic E-state index is 0.412. The van der Waals surface area contributed by atoms with Gasteiger partial charge in [0.2, 0.25) is 0 Å². The van der Waals surface area contributed by atoms with Crippen LogP contribution < -0.4 is 10.1 Å². The second-order valence-electron chi connectivity index (χ2n) is 5.63. The first-order valence-electron chi connectivity index (χ1n) is 7.96. The monoisotopic (exact) mass is 372 g/mol. The fourth-order valence-corrected chi connectivity index (χ4v) is 2.82. The maximum absolute atomic E-state index is 6.15. The summed E-state index contributed by atoms with van der Waals surface area (Å²) in [6, 6.07) is 17.5. The van der Waals surface area contributed by atoms with Gasteiger partial charge in [0.15, 0.2) is 0 Å². The molecule has 25 heavy (non-hydrogen) atoms. The van der Waals surface area contributed by atoms with Crippen molar-refractivity contribution in [1.82, 2.24) is 10.3 Å². The van der Waals surface area contributed by atoms with Crippen LogP contribution in [0.15, 0.2) is 67.0 Å². The molecule has 0 saturated heterocycles. The van der Waals surface area contributed by atoms with E-state index in [9.17, 15) is 0 Å². The average molecular weight is 373 g/mol. The average Bonchev–Trinajstić information content (AvgIpc) is 2.63. The van der Waals surface area contributed by atoms with Gasteiger partial charge < -0.3 is 10.1 Å². The first-order chi connectivity index (χ1) is 12.2. The number of hydrogen-bond acceptors (Lipinski definition) is 3. The van der Waals surface area contributed by atoms with Crippen molar-refractivity contribution in [3.05, 3.63) is 93.7 Å². The zero-order valence-electron chi connectivity index (χ0n) is 13.6. The van der Waals surface area contributed by atoms with E-state index < -0.39 is 0 Å². The topological polar surface area (TPSA) is 34.1 Å².